The minimum Gasteiger partial charge on any atom is -0.318 e. The Hall–Kier alpha value is -1.61. The Kier molecular flexibility index (Phi) is 3.15. The van der Waals surface area contributed by atoms with Crippen LogP contribution in [0.25, 0.3) is 0 Å². The highest BCUT2D eigenvalue weighted by Crippen LogP contribution is 2.37. The molecular weight excluding hydrogens is 234 g/mol. The van der Waals surface area contributed by atoms with Crippen molar-refractivity contribution in [2.24, 2.45) is 5.73 Å². The van der Waals surface area contributed by atoms with Crippen molar-refractivity contribution in [3.8, 4) is 0 Å². The maximum atomic E-state index is 6.81. The van der Waals surface area contributed by atoms with Gasteiger partial charge in [0, 0.05) is 18.3 Å². The molecule has 1 atom stereocenters. The van der Waals surface area contributed by atoms with Crippen molar-refractivity contribution in [2.45, 2.75) is 44.7 Å². The minimum atomic E-state index is -0.374. The van der Waals surface area contributed by atoms with E-state index in [0.717, 1.165) is 24.9 Å². The van der Waals surface area contributed by atoms with E-state index in [-0.39, 0.29) is 5.54 Å². The summed E-state index contributed by atoms with van der Waals surface area (Å²) < 4.78 is 1.96. The Morgan fingerprint density at radius 1 is 1.32 bits per heavy atom. The molecule has 2 aromatic rings. The summed E-state index contributed by atoms with van der Waals surface area (Å²) in [5.41, 5.74) is 10.3. The fourth-order valence-corrected chi connectivity index (χ4v) is 3.09. The van der Waals surface area contributed by atoms with E-state index in [1.54, 1.807) is 0 Å². The average molecular weight is 255 g/mol. The van der Waals surface area contributed by atoms with Gasteiger partial charge in [-0.2, -0.15) is 5.10 Å². The molecule has 0 bridgehead atoms. The molecule has 0 fully saturated rings. The van der Waals surface area contributed by atoms with Crippen LogP contribution >= 0.6 is 0 Å². The van der Waals surface area contributed by atoms with E-state index in [1.807, 2.05) is 10.9 Å². The number of hydrogen-bond acceptors (Lipinski definition) is 2. The van der Waals surface area contributed by atoms with E-state index in [4.69, 9.17) is 5.73 Å². The first-order valence-electron chi connectivity index (χ1n) is 7.14. The Morgan fingerprint density at radius 2 is 2.16 bits per heavy atom. The van der Waals surface area contributed by atoms with Crippen LogP contribution in [0, 0.1) is 0 Å². The van der Waals surface area contributed by atoms with Crippen molar-refractivity contribution in [1.82, 2.24) is 9.78 Å². The fourth-order valence-electron chi connectivity index (χ4n) is 3.09. The summed E-state index contributed by atoms with van der Waals surface area (Å²) in [5, 5.41) is 4.40. The van der Waals surface area contributed by atoms with Crippen LogP contribution in [-0.2, 0) is 18.5 Å². The molecule has 2 N–H and O–H groups in total. The van der Waals surface area contributed by atoms with E-state index in [9.17, 15) is 0 Å². The van der Waals surface area contributed by atoms with Crippen LogP contribution in [0.1, 0.15) is 42.9 Å². The molecular formula is C16H21N3. The first-order valence-corrected chi connectivity index (χ1v) is 7.14. The second kappa shape index (κ2) is 4.82. The lowest BCUT2D eigenvalue weighted by Crippen LogP contribution is -2.37. The largest absolute Gasteiger partial charge is 0.318 e. The van der Waals surface area contributed by atoms with Crippen LogP contribution in [0.4, 0.5) is 0 Å². The highest BCUT2D eigenvalue weighted by atomic mass is 15.3. The quantitative estimate of drug-likeness (QED) is 0.839. The van der Waals surface area contributed by atoms with Crippen LogP contribution < -0.4 is 5.73 Å². The van der Waals surface area contributed by atoms with Crippen LogP contribution in [0.2, 0.25) is 0 Å². The minimum absolute atomic E-state index is 0.374. The average Bonchev–Trinajstić information content (AvgIpc) is 2.87. The molecule has 0 radical (unpaired) electrons. The molecule has 1 unspecified atom stereocenters. The van der Waals surface area contributed by atoms with Gasteiger partial charge in [0.2, 0.25) is 0 Å². The third kappa shape index (κ3) is 2.08. The second-order valence-corrected chi connectivity index (χ2v) is 5.42. The zero-order valence-corrected chi connectivity index (χ0v) is 11.5. The van der Waals surface area contributed by atoms with Gasteiger partial charge in [-0.25, -0.2) is 0 Å². The SMILES string of the molecule is CCn1cc(C2(N)CCCCc3ccccc32)cn1. The smallest absolute Gasteiger partial charge is 0.0699 e. The van der Waals surface area contributed by atoms with Crippen LogP contribution in [-0.4, -0.2) is 9.78 Å². The molecule has 0 saturated carbocycles. The molecule has 0 amide bonds. The maximum absolute atomic E-state index is 6.81. The number of benzene rings is 1. The highest BCUT2D eigenvalue weighted by molar-refractivity contribution is 5.42. The standard InChI is InChI=1S/C16H21N3/c1-2-19-12-14(11-18-19)16(17)10-6-5-8-13-7-3-4-9-15(13)16/h3-4,7,9,11-12H,2,5-6,8,10,17H2,1H3. The summed E-state index contributed by atoms with van der Waals surface area (Å²) >= 11 is 0. The van der Waals surface area contributed by atoms with Gasteiger partial charge in [-0.15, -0.1) is 0 Å². The van der Waals surface area contributed by atoms with Crippen molar-refractivity contribution < 1.29 is 0 Å². The fraction of sp³-hybridized carbons (Fsp3) is 0.438. The third-order valence-electron chi connectivity index (χ3n) is 4.24. The van der Waals surface area contributed by atoms with E-state index >= 15 is 0 Å². The second-order valence-electron chi connectivity index (χ2n) is 5.42. The van der Waals surface area contributed by atoms with Crippen LogP contribution in [0.3, 0.4) is 0 Å². The number of nitrogens with two attached hydrogens (primary N) is 1. The highest BCUT2D eigenvalue weighted by Gasteiger charge is 2.33. The Balaban J connectivity index is 2.11. The lowest BCUT2D eigenvalue weighted by atomic mass is 9.81. The number of aromatic nitrogens is 2. The van der Waals surface area contributed by atoms with Gasteiger partial charge in [-0.1, -0.05) is 30.7 Å². The molecule has 3 rings (SSSR count). The molecule has 3 heteroatoms. The van der Waals surface area contributed by atoms with Gasteiger partial charge in [0.1, 0.15) is 0 Å². The summed E-state index contributed by atoms with van der Waals surface area (Å²) in [6.45, 7) is 2.98. The van der Waals surface area contributed by atoms with E-state index in [2.05, 4.69) is 42.5 Å². The predicted octanol–water partition coefficient (Wildman–Crippen LogP) is 2.83. The topological polar surface area (TPSA) is 43.8 Å². The number of hydrogen-bond donors (Lipinski definition) is 1. The van der Waals surface area contributed by atoms with Gasteiger partial charge in [-0.3, -0.25) is 4.68 Å². The van der Waals surface area contributed by atoms with Crippen molar-refractivity contribution >= 4 is 0 Å². The van der Waals surface area contributed by atoms with Gasteiger partial charge in [0.25, 0.3) is 0 Å². The number of nitrogens with zero attached hydrogens (tertiary/aromatic N) is 2. The van der Waals surface area contributed by atoms with E-state index in [0.29, 0.717) is 0 Å². The molecule has 0 aliphatic heterocycles. The molecule has 1 heterocycles. The summed E-state index contributed by atoms with van der Waals surface area (Å²) in [6.07, 6.45) is 8.56. The molecule has 3 nitrogen and oxygen atoms in total. The molecule has 1 aliphatic rings. The normalized spacial score (nSPS) is 22.8. The predicted molar refractivity (Wildman–Crippen MR) is 76.9 cm³/mol. The van der Waals surface area contributed by atoms with Gasteiger partial charge >= 0.3 is 0 Å². The number of fused-ring (bicyclic) bond motifs is 1. The maximum Gasteiger partial charge on any atom is 0.0699 e. The molecule has 1 aliphatic carbocycles. The summed E-state index contributed by atoms with van der Waals surface area (Å²) in [6, 6.07) is 8.60. The van der Waals surface area contributed by atoms with Gasteiger partial charge in [-0.05, 0) is 37.3 Å². The lowest BCUT2D eigenvalue weighted by molar-refractivity contribution is 0.479. The van der Waals surface area contributed by atoms with Gasteiger partial charge in [0.05, 0.1) is 11.7 Å². The molecule has 1 aromatic heterocycles. The molecule has 1 aromatic carbocycles. The van der Waals surface area contributed by atoms with Gasteiger partial charge < -0.3 is 5.73 Å². The third-order valence-corrected chi connectivity index (χ3v) is 4.24. The monoisotopic (exact) mass is 255 g/mol. The van der Waals surface area contributed by atoms with Crippen molar-refractivity contribution in [3.63, 3.8) is 0 Å². The Bertz CT molecular complexity index is 573. The number of aryl methyl sites for hydroxylation is 2. The van der Waals surface area contributed by atoms with Crippen molar-refractivity contribution in [3.05, 3.63) is 53.3 Å². The van der Waals surface area contributed by atoms with E-state index in [1.165, 1.54) is 24.0 Å². The summed E-state index contributed by atoms with van der Waals surface area (Å²) in [7, 11) is 0. The molecule has 19 heavy (non-hydrogen) atoms. The van der Waals surface area contributed by atoms with Crippen LogP contribution in [0.15, 0.2) is 36.7 Å². The first kappa shape index (κ1) is 12.4. The number of rotatable bonds is 2. The summed E-state index contributed by atoms with van der Waals surface area (Å²) in [4.78, 5) is 0. The van der Waals surface area contributed by atoms with E-state index < -0.39 is 0 Å². The molecule has 0 saturated heterocycles. The first-order chi connectivity index (χ1) is 9.24. The lowest BCUT2D eigenvalue weighted by Gasteiger charge is -2.29. The van der Waals surface area contributed by atoms with Crippen LogP contribution in [0.5, 0.6) is 0 Å². The zero-order chi connectivity index (χ0) is 13.3. The van der Waals surface area contributed by atoms with Gasteiger partial charge in [0.15, 0.2) is 0 Å². The van der Waals surface area contributed by atoms with Crippen molar-refractivity contribution in [1.29, 1.82) is 0 Å². The Morgan fingerprint density at radius 3 is 2.95 bits per heavy atom. The molecule has 100 valence electrons. The van der Waals surface area contributed by atoms with Crippen molar-refractivity contribution in [2.75, 3.05) is 0 Å². The molecule has 0 spiro atoms. The Labute approximate surface area is 114 Å². The zero-order valence-electron chi connectivity index (χ0n) is 11.5. The summed E-state index contributed by atoms with van der Waals surface area (Å²) in [5.74, 6) is 0.